The predicted octanol–water partition coefficient (Wildman–Crippen LogP) is 4.33. The lowest BCUT2D eigenvalue weighted by Gasteiger charge is -2.01. The van der Waals surface area contributed by atoms with Gasteiger partial charge in [-0.3, -0.25) is 9.59 Å². The number of methoxy groups -OCH3 is 2. The van der Waals surface area contributed by atoms with Gasteiger partial charge in [0, 0.05) is 11.1 Å². The number of hydrazone groups is 2. The van der Waals surface area contributed by atoms with Crippen molar-refractivity contribution in [2.45, 2.75) is 0 Å². The van der Waals surface area contributed by atoms with E-state index in [1.165, 1.54) is 61.0 Å². The van der Waals surface area contributed by atoms with E-state index in [1.807, 2.05) is 36.4 Å². The average Bonchev–Trinajstić information content (AvgIpc) is 2.98. The fourth-order valence-corrected chi connectivity index (χ4v) is 3.13. The number of amides is 2. The Morgan fingerprint density at radius 3 is 1.35 bits per heavy atom. The molecule has 0 aliphatic rings. The van der Waals surface area contributed by atoms with Crippen molar-refractivity contribution < 1.29 is 29.3 Å². The van der Waals surface area contributed by atoms with Crippen LogP contribution in [-0.2, 0) is 0 Å². The van der Waals surface area contributed by atoms with Crippen molar-refractivity contribution in [1.82, 2.24) is 10.9 Å². The molecule has 4 aromatic rings. The number of nitrogens with one attached hydrogen (secondary N) is 2. The van der Waals surface area contributed by atoms with Crippen LogP contribution in [0.2, 0.25) is 0 Å². The van der Waals surface area contributed by atoms with Crippen molar-refractivity contribution in [3.05, 3.63) is 119 Å². The highest BCUT2D eigenvalue weighted by atomic mass is 16.5. The number of ether oxygens (including phenoxy) is 2. The highest BCUT2D eigenvalue weighted by molar-refractivity contribution is 5.95. The minimum atomic E-state index is -0.343. The molecule has 0 radical (unpaired) electrons. The predicted molar refractivity (Wildman–Crippen MR) is 152 cm³/mol. The molecule has 0 unspecified atom stereocenters. The van der Waals surface area contributed by atoms with Gasteiger partial charge in [0.15, 0.2) is 0 Å². The summed E-state index contributed by atoms with van der Waals surface area (Å²) in [4.78, 5) is 23.5. The first-order valence-corrected chi connectivity index (χ1v) is 11.9. The van der Waals surface area contributed by atoms with E-state index >= 15 is 0 Å². The van der Waals surface area contributed by atoms with Gasteiger partial charge in [-0.1, -0.05) is 24.3 Å². The number of phenols is 2. The summed E-state index contributed by atoms with van der Waals surface area (Å²) < 4.78 is 10.2. The number of aromatic hydroxyl groups is 2. The van der Waals surface area contributed by atoms with Crippen molar-refractivity contribution in [2.24, 2.45) is 10.2 Å². The maximum absolute atomic E-state index is 11.7. The van der Waals surface area contributed by atoms with E-state index < -0.39 is 0 Å². The molecule has 0 spiro atoms. The van der Waals surface area contributed by atoms with Crippen molar-refractivity contribution in [2.75, 3.05) is 14.2 Å². The van der Waals surface area contributed by atoms with Crippen molar-refractivity contribution >= 4 is 24.2 Å². The Hall–Kier alpha value is -5.64. The summed E-state index contributed by atoms with van der Waals surface area (Å²) in [7, 11) is 3.17. The van der Waals surface area contributed by atoms with Crippen LogP contribution >= 0.6 is 0 Å². The summed E-state index contributed by atoms with van der Waals surface area (Å²) in [6, 6.07) is 26.5. The Bertz CT molecular complexity index is 1360. The molecule has 204 valence electrons. The molecule has 2 amide bonds. The molecule has 0 aromatic heterocycles. The fourth-order valence-electron chi connectivity index (χ4n) is 3.13. The Kier molecular flexibility index (Phi) is 10.8. The summed E-state index contributed by atoms with van der Waals surface area (Å²) in [5.74, 6) is 0.980. The number of hydrogen-bond acceptors (Lipinski definition) is 8. The number of benzene rings is 4. The Balaban J connectivity index is 0.000000220. The normalized spacial score (nSPS) is 10.4. The molecule has 0 atom stereocenters. The van der Waals surface area contributed by atoms with E-state index in [9.17, 15) is 9.59 Å². The van der Waals surface area contributed by atoms with Crippen LogP contribution in [0.3, 0.4) is 0 Å². The van der Waals surface area contributed by atoms with Crippen molar-refractivity contribution in [3.63, 3.8) is 0 Å². The first kappa shape index (κ1) is 28.9. The van der Waals surface area contributed by atoms with Crippen LogP contribution in [0.15, 0.2) is 107 Å². The minimum Gasteiger partial charge on any atom is -0.508 e. The Morgan fingerprint density at radius 1 is 0.625 bits per heavy atom. The fraction of sp³-hybridized carbons (Fsp3) is 0.0667. The van der Waals surface area contributed by atoms with Gasteiger partial charge < -0.3 is 19.7 Å². The highest BCUT2D eigenvalue weighted by Gasteiger charge is 2.04. The van der Waals surface area contributed by atoms with Gasteiger partial charge in [0.2, 0.25) is 0 Å². The summed E-state index contributed by atoms with van der Waals surface area (Å²) >= 11 is 0. The smallest absolute Gasteiger partial charge is 0.271 e. The van der Waals surface area contributed by atoms with Gasteiger partial charge in [0.1, 0.15) is 23.0 Å². The number of phenolic OH excluding ortho intramolecular Hbond substituents is 2. The van der Waals surface area contributed by atoms with E-state index in [-0.39, 0.29) is 23.3 Å². The molecule has 4 aromatic carbocycles. The number of carbonyl (C=O) groups is 2. The van der Waals surface area contributed by atoms with Gasteiger partial charge in [0.25, 0.3) is 11.8 Å². The molecule has 0 saturated heterocycles. The van der Waals surface area contributed by atoms with Crippen LogP contribution in [0.4, 0.5) is 0 Å². The van der Waals surface area contributed by atoms with Gasteiger partial charge in [-0.25, -0.2) is 10.9 Å². The van der Waals surface area contributed by atoms with Crippen molar-refractivity contribution in [3.8, 4) is 23.0 Å². The first-order chi connectivity index (χ1) is 19.4. The maximum atomic E-state index is 11.7. The molecule has 40 heavy (non-hydrogen) atoms. The lowest BCUT2D eigenvalue weighted by Crippen LogP contribution is -2.17. The van der Waals surface area contributed by atoms with E-state index in [1.54, 1.807) is 26.4 Å². The standard InChI is InChI=1S/2C15H14N2O3/c2*1-20-14-4-2-3-11(9-14)10-16-17-15(19)12-5-7-13(18)8-6-12/h2*2-10,18H,1H3,(H,17,19)/b2*16-10+. The Labute approximate surface area is 231 Å². The number of carbonyl (C=O) groups excluding carboxylic acids is 2. The monoisotopic (exact) mass is 540 g/mol. The van der Waals surface area contributed by atoms with E-state index in [0.29, 0.717) is 11.1 Å². The molecule has 0 fully saturated rings. The van der Waals surface area contributed by atoms with Crippen LogP contribution in [0.1, 0.15) is 31.8 Å². The molecule has 10 nitrogen and oxygen atoms in total. The molecular weight excluding hydrogens is 512 g/mol. The molecule has 4 N–H and O–H groups in total. The third-order valence-corrected chi connectivity index (χ3v) is 5.21. The third kappa shape index (κ3) is 9.34. The molecular formula is C30H28N4O6. The number of hydrogen-bond donors (Lipinski definition) is 4. The van der Waals surface area contributed by atoms with Crippen LogP contribution in [-0.4, -0.2) is 48.7 Å². The highest BCUT2D eigenvalue weighted by Crippen LogP contribution is 2.13. The topological polar surface area (TPSA) is 142 Å². The summed E-state index contributed by atoms with van der Waals surface area (Å²) in [6.07, 6.45) is 3.06. The molecule has 0 aliphatic carbocycles. The van der Waals surface area contributed by atoms with Gasteiger partial charge in [0.05, 0.1) is 26.6 Å². The SMILES string of the molecule is COc1cccc(/C=N/NC(=O)c2ccc(O)cc2)c1.COc1cccc(/C=N/NC(=O)c2ccc(O)cc2)c1. The lowest BCUT2D eigenvalue weighted by atomic mass is 10.2. The summed E-state index contributed by atoms with van der Waals surface area (Å²) in [5.41, 5.74) is 7.30. The molecule has 0 bridgehead atoms. The van der Waals surface area contributed by atoms with Gasteiger partial charge >= 0.3 is 0 Å². The molecule has 0 saturated carbocycles. The first-order valence-electron chi connectivity index (χ1n) is 11.9. The number of nitrogens with zero attached hydrogens (tertiary/aromatic N) is 2. The second-order valence-electron chi connectivity index (χ2n) is 8.05. The zero-order chi connectivity index (χ0) is 28.7. The zero-order valence-electron chi connectivity index (χ0n) is 21.8. The van der Waals surface area contributed by atoms with E-state index in [2.05, 4.69) is 21.1 Å². The van der Waals surface area contributed by atoms with E-state index in [0.717, 1.165) is 22.6 Å². The lowest BCUT2D eigenvalue weighted by molar-refractivity contribution is 0.0947. The second kappa shape index (κ2) is 14.9. The molecule has 0 heterocycles. The van der Waals surface area contributed by atoms with Crippen LogP contribution in [0.25, 0.3) is 0 Å². The Morgan fingerprint density at radius 2 is 1.00 bits per heavy atom. The summed E-state index contributed by atoms with van der Waals surface area (Å²) in [6.45, 7) is 0. The number of rotatable bonds is 8. The second-order valence-corrected chi connectivity index (χ2v) is 8.05. The summed E-state index contributed by atoms with van der Waals surface area (Å²) in [5, 5.41) is 26.0. The zero-order valence-corrected chi connectivity index (χ0v) is 21.8. The quantitative estimate of drug-likeness (QED) is 0.194. The van der Waals surface area contributed by atoms with Gasteiger partial charge in [-0.05, 0) is 83.9 Å². The molecule has 4 rings (SSSR count). The largest absolute Gasteiger partial charge is 0.508 e. The van der Waals surface area contributed by atoms with Gasteiger partial charge in [-0.15, -0.1) is 0 Å². The third-order valence-electron chi connectivity index (χ3n) is 5.21. The van der Waals surface area contributed by atoms with Gasteiger partial charge in [-0.2, -0.15) is 10.2 Å². The average molecular weight is 541 g/mol. The maximum Gasteiger partial charge on any atom is 0.271 e. The van der Waals surface area contributed by atoms with Crippen LogP contribution in [0.5, 0.6) is 23.0 Å². The van der Waals surface area contributed by atoms with Crippen LogP contribution < -0.4 is 20.3 Å². The van der Waals surface area contributed by atoms with Crippen LogP contribution in [0, 0.1) is 0 Å². The molecule has 10 heteroatoms. The molecule has 0 aliphatic heterocycles. The minimum absolute atomic E-state index is 0.112. The van der Waals surface area contributed by atoms with Crippen molar-refractivity contribution in [1.29, 1.82) is 0 Å². The van der Waals surface area contributed by atoms with E-state index in [4.69, 9.17) is 19.7 Å².